The van der Waals surface area contributed by atoms with Crippen molar-refractivity contribution in [1.29, 1.82) is 0 Å². The van der Waals surface area contributed by atoms with Gasteiger partial charge in [-0.15, -0.1) is 0 Å². The number of hydrogen-bond acceptors (Lipinski definition) is 2. The summed E-state index contributed by atoms with van der Waals surface area (Å²) in [6.07, 6.45) is 5.19. The van der Waals surface area contributed by atoms with E-state index in [4.69, 9.17) is 0 Å². The molecule has 0 spiro atoms. The molecule has 1 atom stereocenters. The molecule has 1 aromatic rings. The van der Waals surface area contributed by atoms with Crippen LogP contribution in [0.4, 0.5) is 0 Å². The maximum absolute atomic E-state index is 3.48. The molecule has 1 aliphatic carbocycles. The van der Waals surface area contributed by atoms with E-state index in [1.54, 1.807) is 0 Å². The molecule has 2 heteroatoms. The minimum Gasteiger partial charge on any atom is -0.312 e. The van der Waals surface area contributed by atoms with Crippen LogP contribution >= 0.6 is 0 Å². The Morgan fingerprint density at radius 3 is 2.37 bits per heavy atom. The number of nitrogens with one attached hydrogen (secondary N) is 1. The highest BCUT2D eigenvalue weighted by Gasteiger charge is 2.29. The molecule has 0 saturated heterocycles. The van der Waals surface area contributed by atoms with Crippen LogP contribution in [0.15, 0.2) is 24.3 Å². The first-order chi connectivity index (χ1) is 9.28. The summed E-state index contributed by atoms with van der Waals surface area (Å²) in [5.74, 6) is 0. The molecule has 0 radical (unpaired) electrons. The molecule has 1 aromatic carbocycles. The van der Waals surface area contributed by atoms with E-state index >= 15 is 0 Å². The second kappa shape index (κ2) is 7.06. The van der Waals surface area contributed by atoms with Crippen LogP contribution in [0.25, 0.3) is 0 Å². The van der Waals surface area contributed by atoms with E-state index in [2.05, 4.69) is 55.4 Å². The Labute approximate surface area is 118 Å². The number of hydrogen-bond donors (Lipinski definition) is 1. The molecule has 2 nitrogen and oxygen atoms in total. The van der Waals surface area contributed by atoms with Crippen LogP contribution < -0.4 is 5.32 Å². The molecular formula is C17H28N2. The Hall–Kier alpha value is -0.860. The van der Waals surface area contributed by atoms with Gasteiger partial charge in [0.25, 0.3) is 0 Å². The summed E-state index contributed by atoms with van der Waals surface area (Å²) in [4.78, 5) is 2.61. The number of benzene rings is 1. The summed E-state index contributed by atoms with van der Waals surface area (Å²) in [7, 11) is 2.07. The van der Waals surface area contributed by atoms with E-state index in [9.17, 15) is 0 Å². The van der Waals surface area contributed by atoms with Gasteiger partial charge in [0, 0.05) is 18.6 Å². The van der Waals surface area contributed by atoms with Gasteiger partial charge in [-0.2, -0.15) is 0 Å². The number of rotatable bonds is 8. The molecule has 0 bridgehead atoms. The van der Waals surface area contributed by atoms with Crippen molar-refractivity contribution >= 4 is 0 Å². The van der Waals surface area contributed by atoms with Crippen LogP contribution in [0, 0.1) is 0 Å². The zero-order valence-corrected chi connectivity index (χ0v) is 12.7. The van der Waals surface area contributed by atoms with E-state index < -0.39 is 0 Å². The third kappa shape index (κ3) is 4.05. The zero-order chi connectivity index (χ0) is 13.7. The molecule has 1 fully saturated rings. The first kappa shape index (κ1) is 14.5. The van der Waals surface area contributed by atoms with Crippen LogP contribution in [0.3, 0.4) is 0 Å². The zero-order valence-electron chi connectivity index (χ0n) is 12.7. The van der Waals surface area contributed by atoms with Gasteiger partial charge in [-0.1, -0.05) is 44.5 Å². The predicted octanol–water partition coefficient (Wildman–Crippen LogP) is 3.38. The Balaban J connectivity index is 1.99. The summed E-state index contributed by atoms with van der Waals surface area (Å²) in [6.45, 7) is 6.80. The maximum Gasteiger partial charge on any atom is 0.0446 e. The normalized spacial score (nSPS) is 16.8. The predicted molar refractivity (Wildman–Crippen MR) is 82.5 cm³/mol. The highest BCUT2D eigenvalue weighted by molar-refractivity contribution is 5.25. The number of nitrogens with zero attached hydrogens (tertiary/aromatic N) is 1. The Morgan fingerprint density at radius 1 is 1.21 bits per heavy atom. The lowest BCUT2D eigenvalue weighted by atomic mass is 10.0. The van der Waals surface area contributed by atoms with E-state index in [0.717, 1.165) is 19.1 Å². The number of aryl methyl sites for hydroxylation is 1. The van der Waals surface area contributed by atoms with Crippen LogP contribution in [0.2, 0.25) is 0 Å². The van der Waals surface area contributed by atoms with Crippen molar-refractivity contribution in [3.05, 3.63) is 35.4 Å². The lowest BCUT2D eigenvalue weighted by Gasteiger charge is -2.26. The molecule has 1 unspecified atom stereocenters. The van der Waals surface area contributed by atoms with Crippen molar-refractivity contribution in [3.8, 4) is 0 Å². The summed E-state index contributed by atoms with van der Waals surface area (Å²) < 4.78 is 0. The quantitative estimate of drug-likeness (QED) is 0.771. The molecular weight excluding hydrogens is 232 g/mol. The maximum atomic E-state index is 3.48. The minimum absolute atomic E-state index is 0.455. The van der Waals surface area contributed by atoms with Crippen LogP contribution in [0.1, 0.15) is 50.3 Å². The van der Waals surface area contributed by atoms with Crippen LogP contribution in [-0.4, -0.2) is 31.1 Å². The van der Waals surface area contributed by atoms with Gasteiger partial charge in [0.2, 0.25) is 0 Å². The van der Waals surface area contributed by atoms with E-state index in [1.807, 2.05) is 0 Å². The molecule has 2 rings (SSSR count). The summed E-state index contributed by atoms with van der Waals surface area (Å²) in [5, 5.41) is 3.48. The minimum atomic E-state index is 0.455. The van der Waals surface area contributed by atoms with Crippen molar-refractivity contribution in [2.75, 3.05) is 20.1 Å². The van der Waals surface area contributed by atoms with Crippen molar-refractivity contribution in [2.45, 2.75) is 51.6 Å². The Morgan fingerprint density at radius 2 is 1.89 bits per heavy atom. The van der Waals surface area contributed by atoms with E-state index in [-0.39, 0.29) is 0 Å². The third-order valence-electron chi connectivity index (χ3n) is 4.16. The molecule has 0 aliphatic heterocycles. The van der Waals surface area contributed by atoms with Gasteiger partial charge in [-0.25, -0.2) is 0 Å². The second-order valence-electron chi connectivity index (χ2n) is 5.65. The van der Waals surface area contributed by atoms with Gasteiger partial charge in [0.15, 0.2) is 0 Å². The lowest BCUT2D eigenvalue weighted by molar-refractivity contribution is 0.248. The molecule has 19 heavy (non-hydrogen) atoms. The molecule has 0 heterocycles. The molecule has 106 valence electrons. The highest BCUT2D eigenvalue weighted by atomic mass is 15.2. The van der Waals surface area contributed by atoms with Gasteiger partial charge < -0.3 is 5.32 Å². The van der Waals surface area contributed by atoms with Gasteiger partial charge in [0.1, 0.15) is 0 Å². The van der Waals surface area contributed by atoms with Crippen molar-refractivity contribution in [3.63, 3.8) is 0 Å². The fourth-order valence-electron chi connectivity index (χ4n) is 2.78. The highest BCUT2D eigenvalue weighted by Crippen LogP contribution is 2.28. The monoisotopic (exact) mass is 260 g/mol. The van der Waals surface area contributed by atoms with E-state index in [1.165, 1.54) is 36.8 Å². The Bertz CT molecular complexity index is 367. The molecule has 0 aromatic heterocycles. The number of likely N-dealkylation sites (N-methyl/N-ethyl adjacent to an activating group) is 2. The standard InChI is InChI=1S/C17H28N2/c1-4-6-14-7-9-15(10-8-14)17(18-3)13-19(5-2)16-11-12-16/h7-10,16-18H,4-6,11-13H2,1-3H3. The van der Waals surface area contributed by atoms with Gasteiger partial charge in [0.05, 0.1) is 0 Å². The molecule has 1 N–H and O–H groups in total. The lowest BCUT2D eigenvalue weighted by Crippen LogP contribution is -2.35. The summed E-state index contributed by atoms with van der Waals surface area (Å²) in [5.41, 5.74) is 2.87. The average Bonchev–Trinajstić information content (AvgIpc) is 3.26. The van der Waals surface area contributed by atoms with E-state index in [0.29, 0.717) is 6.04 Å². The molecule has 0 amide bonds. The Kier molecular flexibility index (Phi) is 5.41. The second-order valence-corrected chi connectivity index (χ2v) is 5.65. The summed E-state index contributed by atoms with van der Waals surface area (Å²) in [6, 6.07) is 10.5. The van der Waals surface area contributed by atoms with Crippen LogP contribution in [-0.2, 0) is 6.42 Å². The first-order valence-electron chi connectivity index (χ1n) is 7.78. The van der Waals surface area contributed by atoms with Crippen LogP contribution in [0.5, 0.6) is 0 Å². The van der Waals surface area contributed by atoms with Crippen molar-refractivity contribution < 1.29 is 0 Å². The van der Waals surface area contributed by atoms with Gasteiger partial charge in [-0.05, 0) is 44.0 Å². The smallest absolute Gasteiger partial charge is 0.0446 e. The SMILES string of the molecule is CCCc1ccc(C(CN(CC)C2CC2)NC)cc1. The molecule has 1 saturated carbocycles. The first-order valence-corrected chi connectivity index (χ1v) is 7.78. The molecule has 1 aliphatic rings. The fourth-order valence-corrected chi connectivity index (χ4v) is 2.78. The largest absolute Gasteiger partial charge is 0.312 e. The van der Waals surface area contributed by atoms with Gasteiger partial charge >= 0.3 is 0 Å². The topological polar surface area (TPSA) is 15.3 Å². The summed E-state index contributed by atoms with van der Waals surface area (Å²) >= 11 is 0. The fraction of sp³-hybridized carbons (Fsp3) is 0.647. The average molecular weight is 260 g/mol. The van der Waals surface area contributed by atoms with Gasteiger partial charge in [-0.3, -0.25) is 4.90 Å². The van der Waals surface area contributed by atoms with Crippen molar-refractivity contribution in [2.24, 2.45) is 0 Å². The third-order valence-corrected chi connectivity index (χ3v) is 4.16. The van der Waals surface area contributed by atoms with Crippen molar-refractivity contribution in [1.82, 2.24) is 10.2 Å².